The third-order valence-corrected chi connectivity index (χ3v) is 2.20. The minimum Gasteiger partial charge on any atom is -0.393 e. The van der Waals surface area contributed by atoms with E-state index < -0.39 is 42.5 Å². The summed E-state index contributed by atoms with van der Waals surface area (Å²) >= 11 is 0. The van der Waals surface area contributed by atoms with Gasteiger partial charge >= 0.3 is 0 Å². The SMILES string of the molecule is CCC(O)C(O)[C@@H](N)C(=O)C(=O)[C@H](O)CO. The second kappa shape index (κ2) is 6.66. The number of aliphatic hydroxyl groups is 4. The van der Waals surface area contributed by atoms with Gasteiger partial charge in [-0.1, -0.05) is 6.92 Å². The van der Waals surface area contributed by atoms with E-state index in [1.165, 1.54) is 0 Å². The fraction of sp³-hybridized carbons (Fsp3) is 0.778. The monoisotopic (exact) mass is 235 g/mol. The van der Waals surface area contributed by atoms with Gasteiger partial charge in [0.25, 0.3) is 0 Å². The Balaban J connectivity index is 4.55. The van der Waals surface area contributed by atoms with E-state index in [4.69, 9.17) is 15.9 Å². The van der Waals surface area contributed by atoms with Gasteiger partial charge in [-0.05, 0) is 6.42 Å². The lowest BCUT2D eigenvalue weighted by molar-refractivity contribution is -0.145. The van der Waals surface area contributed by atoms with Crippen molar-refractivity contribution in [2.75, 3.05) is 6.61 Å². The van der Waals surface area contributed by atoms with Crippen molar-refractivity contribution in [3.05, 3.63) is 0 Å². The molecule has 6 N–H and O–H groups in total. The van der Waals surface area contributed by atoms with Crippen LogP contribution in [-0.4, -0.2) is 63.0 Å². The Morgan fingerprint density at radius 2 is 1.69 bits per heavy atom. The highest BCUT2D eigenvalue weighted by molar-refractivity contribution is 6.40. The summed E-state index contributed by atoms with van der Waals surface area (Å²) in [6.45, 7) is 0.666. The molecule has 0 saturated carbocycles. The van der Waals surface area contributed by atoms with Gasteiger partial charge in [-0.3, -0.25) is 9.59 Å². The van der Waals surface area contributed by atoms with Crippen molar-refractivity contribution in [2.45, 2.75) is 37.7 Å². The minimum atomic E-state index is -1.84. The summed E-state index contributed by atoms with van der Waals surface area (Å²) in [5, 5.41) is 35.9. The summed E-state index contributed by atoms with van der Waals surface area (Å²) in [5.41, 5.74) is 5.26. The van der Waals surface area contributed by atoms with Gasteiger partial charge in [0.15, 0.2) is 0 Å². The molecule has 94 valence electrons. The zero-order chi connectivity index (χ0) is 12.9. The number of hydrogen-bond acceptors (Lipinski definition) is 7. The standard InChI is InChI=1S/C9H17NO6/c1-2-4(12)7(14)6(10)9(16)8(15)5(13)3-11/h4-7,11-14H,2-3,10H2,1H3/t4?,5-,6-,7?/m1/s1. The van der Waals surface area contributed by atoms with Crippen LogP contribution in [0.25, 0.3) is 0 Å². The number of rotatable bonds is 7. The number of Topliss-reactive ketones (excluding diaryl/α,β-unsaturated/α-hetero) is 2. The molecule has 0 bridgehead atoms. The number of aliphatic hydroxyl groups excluding tert-OH is 4. The Morgan fingerprint density at radius 3 is 2.06 bits per heavy atom. The van der Waals surface area contributed by atoms with Crippen molar-refractivity contribution in [1.82, 2.24) is 0 Å². The van der Waals surface area contributed by atoms with Crippen molar-refractivity contribution in [2.24, 2.45) is 5.73 Å². The van der Waals surface area contributed by atoms with E-state index in [9.17, 15) is 19.8 Å². The first-order chi connectivity index (χ1) is 7.36. The van der Waals surface area contributed by atoms with Crippen molar-refractivity contribution in [1.29, 1.82) is 0 Å². The number of carbonyl (C=O) groups excluding carboxylic acids is 2. The minimum absolute atomic E-state index is 0.166. The second-order valence-corrected chi connectivity index (χ2v) is 3.42. The molecule has 0 saturated heterocycles. The molecule has 0 aromatic rings. The molecule has 16 heavy (non-hydrogen) atoms. The molecule has 0 heterocycles. The lowest BCUT2D eigenvalue weighted by Crippen LogP contribution is -2.52. The fourth-order valence-corrected chi connectivity index (χ4v) is 1.05. The van der Waals surface area contributed by atoms with E-state index in [0.717, 1.165) is 0 Å². The third-order valence-electron chi connectivity index (χ3n) is 2.20. The Morgan fingerprint density at radius 1 is 1.19 bits per heavy atom. The molecule has 0 aliphatic rings. The van der Waals surface area contributed by atoms with E-state index in [2.05, 4.69) is 0 Å². The Hall–Kier alpha value is -0.860. The maximum absolute atomic E-state index is 11.3. The predicted molar refractivity (Wildman–Crippen MR) is 53.4 cm³/mol. The molecule has 7 heteroatoms. The van der Waals surface area contributed by atoms with Crippen molar-refractivity contribution < 1.29 is 30.0 Å². The molecule has 0 aromatic carbocycles. The van der Waals surface area contributed by atoms with E-state index in [1.807, 2.05) is 0 Å². The van der Waals surface area contributed by atoms with Crippen LogP contribution in [0.15, 0.2) is 0 Å². The van der Waals surface area contributed by atoms with E-state index in [0.29, 0.717) is 0 Å². The molecule has 0 spiro atoms. The van der Waals surface area contributed by atoms with Crippen LogP contribution in [0.5, 0.6) is 0 Å². The highest BCUT2D eigenvalue weighted by Crippen LogP contribution is 2.04. The zero-order valence-electron chi connectivity index (χ0n) is 8.91. The quantitative estimate of drug-likeness (QED) is 0.295. The summed E-state index contributed by atoms with van der Waals surface area (Å²) in [6, 6.07) is -1.61. The van der Waals surface area contributed by atoms with Gasteiger partial charge in [0.2, 0.25) is 11.6 Å². The molecule has 7 nitrogen and oxygen atoms in total. The van der Waals surface area contributed by atoms with Gasteiger partial charge in [0, 0.05) is 0 Å². The molecule has 0 aromatic heterocycles. The zero-order valence-corrected chi connectivity index (χ0v) is 8.91. The molecule has 0 aliphatic carbocycles. The third kappa shape index (κ3) is 3.62. The van der Waals surface area contributed by atoms with E-state index >= 15 is 0 Å². The second-order valence-electron chi connectivity index (χ2n) is 3.42. The summed E-state index contributed by atoms with van der Waals surface area (Å²) < 4.78 is 0. The fourth-order valence-electron chi connectivity index (χ4n) is 1.05. The molecule has 0 rings (SSSR count). The predicted octanol–water partition coefficient (Wildman–Crippen LogP) is -3.06. The molecule has 0 amide bonds. The van der Waals surface area contributed by atoms with Crippen LogP contribution in [-0.2, 0) is 9.59 Å². The lowest BCUT2D eigenvalue weighted by atomic mass is 9.96. The van der Waals surface area contributed by atoms with E-state index in [-0.39, 0.29) is 6.42 Å². The first-order valence-electron chi connectivity index (χ1n) is 4.85. The smallest absolute Gasteiger partial charge is 0.230 e. The molecule has 0 radical (unpaired) electrons. The highest BCUT2D eigenvalue weighted by atomic mass is 16.3. The molecule has 4 atom stereocenters. The molecule has 2 unspecified atom stereocenters. The Labute approximate surface area is 92.5 Å². The number of ketones is 2. The molecular formula is C9H17NO6. The Kier molecular flexibility index (Phi) is 6.31. The summed E-state index contributed by atoms with van der Waals surface area (Å²) in [6.07, 6.45) is -4.48. The van der Waals surface area contributed by atoms with Crippen LogP contribution < -0.4 is 5.73 Å². The number of nitrogens with two attached hydrogens (primary N) is 1. The first kappa shape index (κ1) is 15.1. The van der Waals surface area contributed by atoms with Crippen LogP contribution in [0.3, 0.4) is 0 Å². The highest BCUT2D eigenvalue weighted by Gasteiger charge is 2.34. The maximum atomic E-state index is 11.3. The van der Waals surface area contributed by atoms with Gasteiger partial charge in [-0.15, -0.1) is 0 Å². The average molecular weight is 235 g/mol. The van der Waals surface area contributed by atoms with Crippen LogP contribution >= 0.6 is 0 Å². The van der Waals surface area contributed by atoms with Crippen LogP contribution in [0.1, 0.15) is 13.3 Å². The average Bonchev–Trinajstić information content (AvgIpc) is 2.32. The van der Waals surface area contributed by atoms with Gasteiger partial charge in [0.05, 0.1) is 12.7 Å². The van der Waals surface area contributed by atoms with Crippen LogP contribution in [0.4, 0.5) is 0 Å². The van der Waals surface area contributed by atoms with Crippen molar-refractivity contribution in [3.63, 3.8) is 0 Å². The summed E-state index contributed by atoms with van der Waals surface area (Å²) in [7, 11) is 0. The first-order valence-corrected chi connectivity index (χ1v) is 4.85. The summed E-state index contributed by atoms with van der Waals surface area (Å²) in [4.78, 5) is 22.4. The van der Waals surface area contributed by atoms with E-state index in [1.54, 1.807) is 6.92 Å². The largest absolute Gasteiger partial charge is 0.393 e. The van der Waals surface area contributed by atoms with Crippen molar-refractivity contribution >= 4 is 11.6 Å². The number of carbonyl (C=O) groups is 2. The maximum Gasteiger partial charge on any atom is 0.230 e. The lowest BCUT2D eigenvalue weighted by Gasteiger charge is -2.21. The normalized spacial score (nSPS) is 18.6. The van der Waals surface area contributed by atoms with Gasteiger partial charge < -0.3 is 26.2 Å². The molecular weight excluding hydrogens is 218 g/mol. The topological polar surface area (TPSA) is 141 Å². The van der Waals surface area contributed by atoms with Gasteiger partial charge in [-0.25, -0.2) is 0 Å². The van der Waals surface area contributed by atoms with Crippen LogP contribution in [0, 0.1) is 0 Å². The van der Waals surface area contributed by atoms with Gasteiger partial charge in [0.1, 0.15) is 18.2 Å². The number of hydrogen-bond donors (Lipinski definition) is 5. The Bertz CT molecular complexity index is 256. The summed E-state index contributed by atoms with van der Waals surface area (Å²) in [5.74, 6) is -2.50. The molecule has 0 aliphatic heterocycles. The van der Waals surface area contributed by atoms with Gasteiger partial charge in [-0.2, -0.15) is 0 Å². The molecule has 0 fully saturated rings. The van der Waals surface area contributed by atoms with Crippen LogP contribution in [0.2, 0.25) is 0 Å². The van der Waals surface area contributed by atoms with Crippen molar-refractivity contribution in [3.8, 4) is 0 Å².